The van der Waals surface area contributed by atoms with E-state index >= 15 is 0 Å². The molecule has 0 aromatic carbocycles. The Morgan fingerprint density at radius 2 is 2.00 bits per heavy atom. The molecule has 0 saturated carbocycles. The smallest absolute Gasteiger partial charge is 0 e. The molecule has 0 aromatic rings. The topological polar surface area (TPSA) is 0 Å². The Labute approximate surface area is 77.6 Å². The first kappa shape index (κ1) is 10.1. The summed E-state index contributed by atoms with van der Waals surface area (Å²) >= 11 is 0. The van der Waals surface area contributed by atoms with Crippen molar-refractivity contribution in [2.45, 2.75) is 6.92 Å². The zero-order valence-corrected chi connectivity index (χ0v) is 5.29. The van der Waals surface area contributed by atoms with Crippen LogP contribution in [-0.4, -0.2) is 0 Å². The van der Waals surface area contributed by atoms with Crippen LogP contribution in [0.3, 0.4) is 0 Å². The van der Waals surface area contributed by atoms with Gasteiger partial charge in [0.15, 0.2) is 0 Å². The molecule has 0 fully saturated rings. The molecule has 0 aliphatic rings. The van der Waals surface area contributed by atoms with E-state index in [1.165, 1.54) is 6.08 Å². The number of hydrogen-bond donors (Lipinski definition) is 0. The molecule has 0 atom stereocenters. The van der Waals surface area contributed by atoms with Gasteiger partial charge in [-0.15, -0.1) is 0 Å². The summed E-state index contributed by atoms with van der Waals surface area (Å²) in [6.45, 7) is 6.85. The third kappa shape index (κ3) is 8.89. The van der Waals surface area contributed by atoms with Crippen molar-refractivity contribution in [3.63, 3.8) is 0 Å². The number of hydrogen-bond acceptors (Lipinski definition) is 0. The van der Waals surface area contributed by atoms with Crippen molar-refractivity contribution in [3.8, 4) is 0 Å². The molecule has 0 saturated heterocycles. The maximum Gasteiger partial charge on any atom is 0 e. The summed E-state index contributed by atoms with van der Waals surface area (Å²) in [5.74, 6) is 0. The summed E-state index contributed by atoms with van der Waals surface area (Å²) in [6, 6.07) is 0. The van der Waals surface area contributed by atoms with Crippen LogP contribution in [0.1, 0.15) is 6.92 Å². The van der Waals surface area contributed by atoms with E-state index in [0.29, 0.717) is 0 Å². The van der Waals surface area contributed by atoms with Gasteiger partial charge in [-0.25, -0.2) is 12.2 Å². The van der Waals surface area contributed by atoms with Crippen molar-refractivity contribution in [1.82, 2.24) is 0 Å². The molecule has 0 heterocycles. The van der Waals surface area contributed by atoms with Gasteiger partial charge in [-0.2, -0.15) is 6.08 Å². The van der Waals surface area contributed by atoms with Gasteiger partial charge < -0.3 is 0 Å². The molecule has 42 valence electrons. The maximum absolute atomic E-state index is 4.93. The second-order valence-corrected chi connectivity index (χ2v) is 0.718. The molecule has 0 nitrogen and oxygen atoms in total. The van der Waals surface area contributed by atoms with Crippen molar-refractivity contribution < 1.29 is 46.9 Å². The van der Waals surface area contributed by atoms with E-state index in [4.69, 9.17) is 6.58 Å². The molecule has 0 amide bonds. The van der Waals surface area contributed by atoms with E-state index < -0.39 is 0 Å². The largest absolute Gasteiger partial charge is 0.293 e. The Morgan fingerprint density at radius 3 is 2.00 bits per heavy atom. The molecule has 0 bridgehead atoms. The predicted molar refractivity (Wildman–Crippen MR) is 23.7 cm³/mol. The first-order valence-corrected chi connectivity index (χ1v) is 1.58. The van der Waals surface area contributed by atoms with Crippen molar-refractivity contribution in [3.05, 3.63) is 24.8 Å². The SMILES string of the molecule is [CH-]=CC=CC.[Yb]. The van der Waals surface area contributed by atoms with Crippen molar-refractivity contribution in [1.29, 1.82) is 0 Å². The molecule has 0 unspecified atom stereocenters. The van der Waals surface area contributed by atoms with Crippen LogP contribution in [0.15, 0.2) is 18.2 Å². The van der Waals surface area contributed by atoms with E-state index in [2.05, 4.69) is 0 Å². The monoisotopic (exact) mass is 241 g/mol. The summed E-state index contributed by atoms with van der Waals surface area (Å²) in [5.41, 5.74) is 0. The molecule has 0 spiro atoms. The molecule has 6 heavy (non-hydrogen) atoms. The van der Waals surface area contributed by atoms with Crippen LogP contribution in [0.2, 0.25) is 0 Å². The fraction of sp³-hybridized carbons (Fsp3) is 0.200. The molecule has 0 aromatic heterocycles. The van der Waals surface area contributed by atoms with Crippen molar-refractivity contribution in [2.24, 2.45) is 0 Å². The Bertz CT molecular complexity index is 45.9. The van der Waals surface area contributed by atoms with Crippen LogP contribution in [0, 0.1) is 53.5 Å². The van der Waals surface area contributed by atoms with Gasteiger partial charge >= 0.3 is 0 Å². The molecule has 0 aliphatic carbocycles. The third-order valence-electron chi connectivity index (χ3n) is 0.304. The molecule has 0 N–H and O–H groups in total. The van der Waals surface area contributed by atoms with Crippen LogP contribution in [0.5, 0.6) is 0 Å². The summed E-state index contributed by atoms with van der Waals surface area (Å²) in [4.78, 5) is 0. The molecule has 0 aliphatic heterocycles. The fourth-order valence-corrected chi connectivity index (χ4v) is 0.111. The van der Waals surface area contributed by atoms with Crippen LogP contribution in [0.4, 0.5) is 0 Å². The van der Waals surface area contributed by atoms with Gasteiger partial charge in [0, 0.05) is 46.9 Å². The van der Waals surface area contributed by atoms with Gasteiger partial charge in [0.05, 0.1) is 0 Å². The summed E-state index contributed by atoms with van der Waals surface area (Å²) in [7, 11) is 0. The van der Waals surface area contributed by atoms with E-state index in [9.17, 15) is 0 Å². The van der Waals surface area contributed by atoms with Crippen molar-refractivity contribution in [2.75, 3.05) is 0 Å². The van der Waals surface area contributed by atoms with Gasteiger partial charge in [0.25, 0.3) is 0 Å². The minimum absolute atomic E-state index is 0. The Hall–Kier alpha value is 0.999. The van der Waals surface area contributed by atoms with E-state index in [1.54, 1.807) is 6.08 Å². The van der Waals surface area contributed by atoms with Crippen LogP contribution < -0.4 is 0 Å². The summed E-state index contributed by atoms with van der Waals surface area (Å²) in [6.07, 6.45) is 5.15. The quantitative estimate of drug-likeness (QED) is 0.482. The fourth-order valence-electron chi connectivity index (χ4n) is 0.111. The van der Waals surface area contributed by atoms with Gasteiger partial charge in [-0.3, -0.25) is 6.58 Å². The van der Waals surface area contributed by atoms with Gasteiger partial charge in [-0.05, 0) is 0 Å². The van der Waals surface area contributed by atoms with Gasteiger partial charge in [0.2, 0.25) is 0 Å². The average Bonchev–Trinajstić information content (AvgIpc) is 1.41. The van der Waals surface area contributed by atoms with E-state index in [0.717, 1.165) is 0 Å². The zero-order chi connectivity index (χ0) is 4.12. The maximum atomic E-state index is 4.93. The third-order valence-corrected chi connectivity index (χ3v) is 0.304. The van der Waals surface area contributed by atoms with Gasteiger partial charge in [-0.1, -0.05) is 6.92 Å². The first-order chi connectivity index (χ1) is 2.41. The number of rotatable bonds is 1. The van der Waals surface area contributed by atoms with Crippen molar-refractivity contribution >= 4 is 0 Å². The predicted octanol–water partition coefficient (Wildman–Crippen LogP) is 1.55. The van der Waals surface area contributed by atoms with Crippen LogP contribution in [0.25, 0.3) is 0 Å². The zero-order valence-electron chi connectivity index (χ0n) is 3.58. The Morgan fingerprint density at radius 1 is 1.50 bits per heavy atom. The Kier molecular flexibility index (Phi) is 15.7. The standard InChI is InChI=1S/C5H7.Yb/c1-3-5-4-2;/h1,3-5H,2H3;/q-1;. The number of allylic oxidation sites excluding steroid dienone is 3. The minimum atomic E-state index is 0. The molecular formula is C5H7Yb-. The van der Waals surface area contributed by atoms with E-state index in [-0.39, 0.29) is 46.9 Å². The molecule has 0 radical (unpaired) electrons. The first-order valence-electron chi connectivity index (χ1n) is 1.58. The van der Waals surface area contributed by atoms with Gasteiger partial charge in [0.1, 0.15) is 0 Å². The second-order valence-electron chi connectivity index (χ2n) is 0.718. The summed E-state index contributed by atoms with van der Waals surface area (Å²) in [5, 5.41) is 0. The summed E-state index contributed by atoms with van der Waals surface area (Å²) < 4.78 is 0. The molecule has 0 rings (SSSR count). The normalized spacial score (nSPS) is 7.50. The second kappa shape index (κ2) is 9.37. The van der Waals surface area contributed by atoms with Crippen LogP contribution in [-0.2, 0) is 0 Å². The Balaban J connectivity index is 0. The molecular weight excluding hydrogens is 233 g/mol. The minimum Gasteiger partial charge on any atom is -0.293 e. The average molecular weight is 240 g/mol. The molecule has 1 heteroatoms. The van der Waals surface area contributed by atoms with E-state index in [1.807, 2.05) is 13.0 Å². The van der Waals surface area contributed by atoms with Crippen LogP contribution >= 0.6 is 0 Å².